The van der Waals surface area contributed by atoms with Crippen molar-refractivity contribution in [1.29, 1.82) is 0 Å². The van der Waals surface area contributed by atoms with Gasteiger partial charge in [-0.15, -0.1) is 0 Å². The number of unbranched alkanes of at least 4 members (excludes halogenated alkanes) is 8. The van der Waals surface area contributed by atoms with Crippen molar-refractivity contribution < 1.29 is 26.7 Å². The summed E-state index contributed by atoms with van der Waals surface area (Å²) >= 11 is 0. The number of nitrogens with one attached hydrogen (secondary N) is 1. The van der Waals surface area contributed by atoms with E-state index in [4.69, 9.17) is 16.2 Å². The van der Waals surface area contributed by atoms with Crippen LogP contribution in [0.4, 0.5) is 0 Å². The lowest BCUT2D eigenvalue weighted by atomic mass is 10.1. The smallest absolute Gasteiger partial charge is 0.328 e. The fourth-order valence-electron chi connectivity index (χ4n) is 2.86. The van der Waals surface area contributed by atoms with Gasteiger partial charge in [0.25, 0.3) is 0 Å². The third-order valence-electron chi connectivity index (χ3n) is 4.36. The van der Waals surface area contributed by atoms with Gasteiger partial charge in [-0.2, -0.15) is 0 Å². The highest BCUT2D eigenvalue weighted by molar-refractivity contribution is 5.84. The number of nitrogens with two attached hydrogens (primary N) is 2. The van der Waals surface area contributed by atoms with Gasteiger partial charge in [0.05, 0.1) is 6.61 Å². The number of aliphatic imine (C=N–C) groups is 1. The number of nitrogens with zero attached hydrogens (tertiary/aromatic N) is 1. The molecule has 0 aliphatic heterocycles. The van der Waals surface area contributed by atoms with Crippen LogP contribution < -0.4 is 29.2 Å². The zero-order valence-electron chi connectivity index (χ0n) is 17.7. The van der Waals surface area contributed by atoms with Crippen LogP contribution in [0.3, 0.4) is 0 Å². The minimum absolute atomic E-state index is 0. The summed E-state index contributed by atoms with van der Waals surface area (Å²) in [6.45, 7) is 4.68. The highest BCUT2D eigenvalue weighted by Gasteiger charge is 2.21. The van der Waals surface area contributed by atoms with E-state index in [1.54, 1.807) is 6.92 Å². The van der Waals surface area contributed by atoms with Gasteiger partial charge in [0.15, 0.2) is 5.96 Å². The molecule has 8 heteroatoms. The molecular weight excluding hydrogens is 380 g/mol. The minimum atomic E-state index is -0.634. The lowest BCUT2D eigenvalue weighted by molar-refractivity contribution is -0.147. The quantitative estimate of drug-likeness (QED) is 0.133. The molecule has 1 unspecified atom stereocenters. The SMILES string of the molecule is CCCCCCCCCCCC(=O)NC(CCCN=C(N)N)C(=O)OCC.[Cl-]. The van der Waals surface area contributed by atoms with Crippen LogP contribution in [0, 0.1) is 0 Å². The van der Waals surface area contributed by atoms with Crippen LogP contribution in [-0.2, 0) is 14.3 Å². The third kappa shape index (κ3) is 17.9. The lowest BCUT2D eigenvalue weighted by Crippen LogP contribution is -3.00. The lowest BCUT2D eigenvalue weighted by Gasteiger charge is -2.17. The molecule has 0 aromatic heterocycles. The molecule has 0 radical (unpaired) electrons. The Labute approximate surface area is 176 Å². The van der Waals surface area contributed by atoms with Crippen LogP contribution in [0.2, 0.25) is 0 Å². The predicted molar refractivity (Wildman–Crippen MR) is 110 cm³/mol. The van der Waals surface area contributed by atoms with Crippen LogP contribution in [0.5, 0.6) is 0 Å². The second kappa shape index (κ2) is 20.2. The van der Waals surface area contributed by atoms with Crippen molar-refractivity contribution >= 4 is 17.8 Å². The molecule has 28 heavy (non-hydrogen) atoms. The number of rotatable bonds is 17. The zero-order valence-corrected chi connectivity index (χ0v) is 18.4. The summed E-state index contributed by atoms with van der Waals surface area (Å²) in [7, 11) is 0. The number of guanidine groups is 1. The van der Waals surface area contributed by atoms with E-state index >= 15 is 0 Å². The fourth-order valence-corrected chi connectivity index (χ4v) is 2.86. The summed E-state index contributed by atoms with van der Waals surface area (Å²) in [5.41, 5.74) is 10.6. The standard InChI is InChI=1S/C20H40N4O3.ClH/c1-3-5-6-7-8-9-10-11-12-15-18(25)24-17(19(26)27-4-2)14-13-16-23-20(21)22;/h17H,3-16H2,1-2H3,(H,24,25)(H4,21,22,23);1H/p-1. The van der Waals surface area contributed by atoms with Gasteiger partial charge in [0.2, 0.25) is 5.91 Å². The number of hydrogen-bond donors (Lipinski definition) is 3. The van der Waals surface area contributed by atoms with E-state index in [0.717, 1.165) is 12.8 Å². The number of carbonyl (C=O) groups is 2. The number of esters is 1. The Kier molecular flexibility index (Phi) is 20.8. The van der Waals surface area contributed by atoms with E-state index in [1.165, 1.54) is 44.9 Å². The maximum atomic E-state index is 12.1. The van der Waals surface area contributed by atoms with Crippen LogP contribution in [0.25, 0.3) is 0 Å². The highest BCUT2D eigenvalue weighted by atomic mass is 35.5. The third-order valence-corrected chi connectivity index (χ3v) is 4.36. The Morgan fingerprint density at radius 2 is 1.50 bits per heavy atom. The molecule has 0 aromatic carbocycles. The van der Waals surface area contributed by atoms with Crippen molar-refractivity contribution in [3.05, 3.63) is 0 Å². The molecule has 1 amide bonds. The predicted octanol–water partition coefficient (Wildman–Crippen LogP) is 0.0128. The first-order valence-electron chi connectivity index (χ1n) is 10.5. The first kappa shape index (κ1) is 28.7. The van der Waals surface area contributed by atoms with E-state index in [2.05, 4.69) is 17.2 Å². The van der Waals surface area contributed by atoms with Gasteiger partial charge in [-0.05, 0) is 26.2 Å². The van der Waals surface area contributed by atoms with Crippen LogP contribution >= 0.6 is 0 Å². The molecule has 166 valence electrons. The van der Waals surface area contributed by atoms with Crippen molar-refractivity contribution in [2.75, 3.05) is 13.2 Å². The molecule has 0 spiro atoms. The monoisotopic (exact) mass is 419 g/mol. The number of hydrogen-bond acceptors (Lipinski definition) is 4. The van der Waals surface area contributed by atoms with Crippen molar-refractivity contribution in [3.8, 4) is 0 Å². The average Bonchev–Trinajstić information content (AvgIpc) is 2.62. The van der Waals surface area contributed by atoms with Crippen molar-refractivity contribution in [3.63, 3.8) is 0 Å². The number of carbonyl (C=O) groups excluding carboxylic acids is 2. The van der Waals surface area contributed by atoms with Crippen LogP contribution in [0.1, 0.15) is 90.9 Å². The Morgan fingerprint density at radius 1 is 0.929 bits per heavy atom. The summed E-state index contributed by atoms with van der Waals surface area (Å²) in [5.74, 6) is -0.474. The van der Waals surface area contributed by atoms with Crippen molar-refractivity contribution in [2.24, 2.45) is 16.5 Å². The Hall–Kier alpha value is -1.50. The molecule has 5 N–H and O–H groups in total. The Bertz CT molecular complexity index is 430. The first-order valence-corrected chi connectivity index (χ1v) is 10.5. The second-order valence-electron chi connectivity index (χ2n) is 6.90. The fraction of sp³-hybridized carbons (Fsp3) is 0.850. The first-order chi connectivity index (χ1) is 13.0. The largest absolute Gasteiger partial charge is 1.00 e. The maximum absolute atomic E-state index is 12.1. The van der Waals surface area contributed by atoms with Gasteiger partial charge >= 0.3 is 5.97 Å². The highest BCUT2D eigenvalue weighted by Crippen LogP contribution is 2.11. The molecule has 0 heterocycles. The van der Waals surface area contributed by atoms with E-state index < -0.39 is 12.0 Å². The summed E-state index contributed by atoms with van der Waals surface area (Å²) in [6.07, 6.45) is 12.3. The van der Waals surface area contributed by atoms with Gasteiger partial charge in [0.1, 0.15) is 6.04 Å². The number of amides is 1. The molecule has 0 saturated heterocycles. The molecular formula is C20H40ClN4O3-. The van der Waals surface area contributed by atoms with Gasteiger partial charge in [-0.25, -0.2) is 4.79 Å². The van der Waals surface area contributed by atoms with Gasteiger partial charge < -0.3 is 33.9 Å². The normalized spacial score (nSPS) is 11.2. The van der Waals surface area contributed by atoms with Gasteiger partial charge in [0, 0.05) is 13.0 Å². The summed E-state index contributed by atoms with van der Waals surface area (Å²) in [6, 6.07) is -0.634. The van der Waals surface area contributed by atoms with E-state index in [9.17, 15) is 9.59 Å². The zero-order chi connectivity index (χ0) is 20.3. The van der Waals surface area contributed by atoms with Crippen LogP contribution in [0.15, 0.2) is 4.99 Å². The molecule has 0 bridgehead atoms. The van der Waals surface area contributed by atoms with E-state index in [1.807, 2.05) is 0 Å². The minimum Gasteiger partial charge on any atom is -1.00 e. The van der Waals surface area contributed by atoms with E-state index in [-0.39, 0.29) is 30.9 Å². The maximum Gasteiger partial charge on any atom is 0.328 e. The average molecular weight is 420 g/mol. The van der Waals surface area contributed by atoms with Gasteiger partial charge in [-0.1, -0.05) is 58.3 Å². The second-order valence-corrected chi connectivity index (χ2v) is 6.90. The molecule has 0 rings (SSSR count). The number of halogens is 1. The van der Waals surface area contributed by atoms with Crippen LogP contribution in [-0.4, -0.2) is 37.0 Å². The summed E-state index contributed by atoms with van der Waals surface area (Å²) in [5, 5.41) is 2.79. The topological polar surface area (TPSA) is 120 Å². The van der Waals surface area contributed by atoms with Crippen molar-refractivity contribution in [2.45, 2.75) is 96.9 Å². The molecule has 7 nitrogen and oxygen atoms in total. The summed E-state index contributed by atoms with van der Waals surface area (Å²) < 4.78 is 5.04. The van der Waals surface area contributed by atoms with E-state index in [0.29, 0.717) is 25.8 Å². The van der Waals surface area contributed by atoms with Crippen molar-refractivity contribution in [1.82, 2.24) is 5.32 Å². The molecule has 0 aliphatic rings. The molecule has 0 aromatic rings. The molecule has 1 atom stereocenters. The Balaban J connectivity index is 0. The molecule has 0 fully saturated rings. The molecule has 0 aliphatic carbocycles. The van der Waals surface area contributed by atoms with Gasteiger partial charge in [-0.3, -0.25) is 9.79 Å². The Morgan fingerprint density at radius 3 is 2.04 bits per heavy atom. The summed E-state index contributed by atoms with van der Waals surface area (Å²) in [4.78, 5) is 28.0. The number of ether oxygens (including phenoxy) is 1. The molecule has 0 saturated carbocycles.